The lowest BCUT2D eigenvalue weighted by Crippen LogP contribution is -2.44. The third-order valence-electron chi connectivity index (χ3n) is 4.32. The first-order valence-electron chi connectivity index (χ1n) is 7.63. The summed E-state index contributed by atoms with van der Waals surface area (Å²) >= 11 is 0. The summed E-state index contributed by atoms with van der Waals surface area (Å²) in [5.74, 6) is 0. The summed E-state index contributed by atoms with van der Waals surface area (Å²) in [6.45, 7) is 5.58. The molecule has 4 heteroatoms. The molecule has 0 aliphatic carbocycles. The van der Waals surface area contributed by atoms with Crippen LogP contribution in [0, 0.1) is 0 Å². The summed E-state index contributed by atoms with van der Waals surface area (Å²) in [6.07, 6.45) is 10.6. The lowest BCUT2D eigenvalue weighted by Gasteiger charge is -2.38. The standard InChI is InChI=1S/C15H28N4/c1-4-14-8-6-5-7-9-19(14)15(12(2)16)13-10-17-18(3)11-13/h10-12,14-15H,4-9,16H2,1-3H3. The molecule has 0 aromatic carbocycles. The van der Waals surface area contributed by atoms with Crippen LogP contribution in [0.1, 0.15) is 57.6 Å². The summed E-state index contributed by atoms with van der Waals surface area (Å²) in [4.78, 5) is 2.63. The van der Waals surface area contributed by atoms with Gasteiger partial charge in [-0.3, -0.25) is 9.58 Å². The van der Waals surface area contributed by atoms with Gasteiger partial charge in [0.1, 0.15) is 0 Å². The molecule has 2 N–H and O–H groups in total. The first-order chi connectivity index (χ1) is 9.13. The Bertz CT molecular complexity index is 385. The number of nitrogens with zero attached hydrogens (tertiary/aromatic N) is 3. The fourth-order valence-corrected chi connectivity index (χ4v) is 3.39. The molecule has 1 aromatic heterocycles. The maximum Gasteiger partial charge on any atom is 0.0538 e. The van der Waals surface area contributed by atoms with Crippen molar-refractivity contribution >= 4 is 0 Å². The second-order valence-electron chi connectivity index (χ2n) is 5.90. The number of nitrogens with two attached hydrogens (primary N) is 1. The molecule has 1 saturated heterocycles. The molecule has 2 rings (SSSR count). The predicted octanol–water partition coefficient (Wildman–Crippen LogP) is 2.46. The first-order valence-corrected chi connectivity index (χ1v) is 7.63. The molecule has 4 nitrogen and oxygen atoms in total. The van der Waals surface area contributed by atoms with E-state index in [1.807, 2.05) is 17.9 Å². The van der Waals surface area contributed by atoms with Gasteiger partial charge in [0.25, 0.3) is 0 Å². The molecule has 108 valence electrons. The lowest BCUT2D eigenvalue weighted by molar-refractivity contribution is 0.117. The van der Waals surface area contributed by atoms with E-state index in [1.54, 1.807) is 0 Å². The van der Waals surface area contributed by atoms with E-state index in [4.69, 9.17) is 5.73 Å². The second kappa shape index (κ2) is 6.53. The predicted molar refractivity (Wildman–Crippen MR) is 78.9 cm³/mol. The SMILES string of the molecule is CCC1CCCCCN1C(c1cnn(C)c1)C(C)N. The van der Waals surface area contributed by atoms with E-state index >= 15 is 0 Å². The van der Waals surface area contributed by atoms with Crippen LogP contribution in [0.3, 0.4) is 0 Å². The average molecular weight is 264 g/mol. The highest BCUT2D eigenvalue weighted by Gasteiger charge is 2.30. The molecule has 19 heavy (non-hydrogen) atoms. The van der Waals surface area contributed by atoms with Crippen LogP contribution in [0.25, 0.3) is 0 Å². The van der Waals surface area contributed by atoms with Crippen molar-refractivity contribution in [2.45, 2.75) is 64.1 Å². The van der Waals surface area contributed by atoms with Gasteiger partial charge in [0.05, 0.1) is 12.2 Å². The molecule has 1 aliphatic heterocycles. The molecule has 3 atom stereocenters. The summed E-state index contributed by atoms with van der Waals surface area (Å²) in [6, 6.07) is 1.10. The van der Waals surface area contributed by atoms with Crippen molar-refractivity contribution in [3.63, 3.8) is 0 Å². The fourth-order valence-electron chi connectivity index (χ4n) is 3.39. The van der Waals surface area contributed by atoms with E-state index in [-0.39, 0.29) is 6.04 Å². The minimum Gasteiger partial charge on any atom is -0.326 e. The van der Waals surface area contributed by atoms with Gasteiger partial charge in [-0.2, -0.15) is 5.10 Å². The molecule has 0 radical (unpaired) electrons. The molecule has 2 heterocycles. The molecule has 1 fully saturated rings. The van der Waals surface area contributed by atoms with Crippen molar-refractivity contribution in [3.8, 4) is 0 Å². The van der Waals surface area contributed by atoms with Crippen molar-refractivity contribution in [1.82, 2.24) is 14.7 Å². The monoisotopic (exact) mass is 264 g/mol. The summed E-state index contributed by atoms with van der Waals surface area (Å²) in [5.41, 5.74) is 7.56. The van der Waals surface area contributed by atoms with Crippen molar-refractivity contribution in [1.29, 1.82) is 0 Å². The molecule has 0 spiro atoms. The highest BCUT2D eigenvalue weighted by Crippen LogP contribution is 2.30. The zero-order chi connectivity index (χ0) is 13.8. The zero-order valence-electron chi connectivity index (χ0n) is 12.5. The van der Waals surface area contributed by atoms with E-state index in [9.17, 15) is 0 Å². The third-order valence-corrected chi connectivity index (χ3v) is 4.32. The summed E-state index contributed by atoms with van der Waals surface area (Å²) in [5, 5.41) is 4.32. The van der Waals surface area contributed by atoms with Gasteiger partial charge in [-0.1, -0.05) is 19.8 Å². The zero-order valence-corrected chi connectivity index (χ0v) is 12.5. The molecule has 3 unspecified atom stereocenters. The molecular weight excluding hydrogens is 236 g/mol. The Morgan fingerprint density at radius 3 is 2.79 bits per heavy atom. The number of hydrogen-bond acceptors (Lipinski definition) is 3. The van der Waals surface area contributed by atoms with Crippen molar-refractivity contribution < 1.29 is 0 Å². The second-order valence-corrected chi connectivity index (χ2v) is 5.90. The molecular formula is C15H28N4. The Kier molecular flexibility index (Phi) is 4.99. The van der Waals surface area contributed by atoms with Crippen LogP contribution in [0.2, 0.25) is 0 Å². The number of hydrogen-bond donors (Lipinski definition) is 1. The highest BCUT2D eigenvalue weighted by molar-refractivity contribution is 5.13. The molecule has 1 aromatic rings. The smallest absolute Gasteiger partial charge is 0.0538 e. The number of aryl methyl sites for hydroxylation is 1. The van der Waals surface area contributed by atoms with E-state index < -0.39 is 0 Å². The maximum absolute atomic E-state index is 6.30. The minimum atomic E-state index is 0.136. The third kappa shape index (κ3) is 3.37. The Labute approximate surface area is 117 Å². The number of aromatic nitrogens is 2. The Balaban J connectivity index is 2.25. The topological polar surface area (TPSA) is 47.1 Å². The van der Waals surface area contributed by atoms with Crippen LogP contribution in [-0.4, -0.2) is 33.3 Å². The normalized spacial score (nSPS) is 24.9. The van der Waals surface area contributed by atoms with Crippen LogP contribution < -0.4 is 5.73 Å². The van der Waals surface area contributed by atoms with Crippen molar-refractivity contribution in [2.24, 2.45) is 12.8 Å². The first kappa shape index (κ1) is 14.5. The quantitative estimate of drug-likeness (QED) is 0.908. The summed E-state index contributed by atoms with van der Waals surface area (Å²) in [7, 11) is 1.97. The summed E-state index contributed by atoms with van der Waals surface area (Å²) < 4.78 is 1.88. The van der Waals surface area contributed by atoms with Gasteiger partial charge < -0.3 is 5.73 Å². The Morgan fingerprint density at radius 1 is 1.42 bits per heavy atom. The minimum absolute atomic E-state index is 0.136. The van der Waals surface area contributed by atoms with Crippen molar-refractivity contribution in [2.75, 3.05) is 6.54 Å². The van der Waals surface area contributed by atoms with Crippen LogP contribution in [0.5, 0.6) is 0 Å². The van der Waals surface area contributed by atoms with Gasteiger partial charge in [0.2, 0.25) is 0 Å². The van der Waals surface area contributed by atoms with E-state index in [0.717, 1.165) is 0 Å². The largest absolute Gasteiger partial charge is 0.326 e. The molecule has 1 aliphatic rings. The molecule has 0 saturated carbocycles. The molecule has 0 bridgehead atoms. The number of likely N-dealkylation sites (tertiary alicyclic amines) is 1. The highest BCUT2D eigenvalue weighted by atomic mass is 15.3. The van der Waals surface area contributed by atoms with Crippen LogP contribution in [-0.2, 0) is 7.05 Å². The Morgan fingerprint density at radius 2 is 2.21 bits per heavy atom. The van der Waals surface area contributed by atoms with E-state index in [2.05, 4.69) is 30.0 Å². The van der Waals surface area contributed by atoms with Gasteiger partial charge in [-0.15, -0.1) is 0 Å². The average Bonchev–Trinajstić information content (AvgIpc) is 2.65. The van der Waals surface area contributed by atoms with Crippen LogP contribution in [0.4, 0.5) is 0 Å². The van der Waals surface area contributed by atoms with Gasteiger partial charge in [0.15, 0.2) is 0 Å². The van der Waals surface area contributed by atoms with Gasteiger partial charge in [-0.05, 0) is 32.7 Å². The van der Waals surface area contributed by atoms with Gasteiger partial charge in [0, 0.05) is 30.9 Å². The number of rotatable bonds is 4. The maximum atomic E-state index is 6.30. The lowest BCUT2D eigenvalue weighted by atomic mass is 9.98. The Hall–Kier alpha value is -0.870. The van der Waals surface area contributed by atoms with Crippen LogP contribution >= 0.6 is 0 Å². The van der Waals surface area contributed by atoms with Gasteiger partial charge in [-0.25, -0.2) is 0 Å². The van der Waals surface area contributed by atoms with Gasteiger partial charge >= 0.3 is 0 Å². The van der Waals surface area contributed by atoms with E-state index in [1.165, 1.54) is 44.2 Å². The van der Waals surface area contributed by atoms with Crippen molar-refractivity contribution in [3.05, 3.63) is 18.0 Å². The van der Waals surface area contributed by atoms with Crippen LogP contribution in [0.15, 0.2) is 12.4 Å². The molecule has 0 amide bonds. The van der Waals surface area contributed by atoms with E-state index in [0.29, 0.717) is 12.1 Å². The fraction of sp³-hybridized carbons (Fsp3) is 0.800.